The van der Waals surface area contributed by atoms with Crippen molar-refractivity contribution in [1.82, 2.24) is 4.98 Å². The molecule has 1 aliphatic heterocycles. The second-order valence-corrected chi connectivity index (χ2v) is 9.51. The molecule has 2 atom stereocenters. The number of ether oxygens (including phenoxy) is 2. The number of fused-ring (bicyclic) bond motifs is 6. The average molecular weight is 516 g/mol. The third kappa shape index (κ3) is 3.74. The molecule has 1 aromatic heterocycles. The number of nitrogens with two attached hydrogens (primary N) is 2. The molecule has 2 aliphatic rings. The van der Waals surface area contributed by atoms with Gasteiger partial charge in [0.05, 0.1) is 18.2 Å². The van der Waals surface area contributed by atoms with E-state index in [1.807, 2.05) is 18.2 Å². The zero-order valence-electron chi connectivity index (χ0n) is 21.0. The molecule has 9 heteroatoms. The smallest absolute Gasteiger partial charge is 0.257 e. The third-order valence-electron chi connectivity index (χ3n) is 6.91. The lowest BCUT2D eigenvalue weighted by Gasteiger charge is -2.22. The van der Waals surface area contributed by atoms with Crippen molar-refractivity contribution in [1.29, 1.82) is 0 Å². The number of nitrogens with zero attached hydrogens (tertiary/aromatic N) is 1. The van der Waals surface area contributed by atoms with Gasteiger partial charge in [0.1, 0.15) is 23.0 Å². The van der Waals surface area contributed by atoms with E-state index in [-0.39, 0.29) is 17.1 Å². The SMILES string of the molecule is CC(C)c1ccc2c(c1)OC1(O)c3cccc(N)c3C(=O)C21.COc1c(C(N)=O)c(F)nc2ccccc12. The van der Waals surface area contributed by atoms with Crippen molar-refractivity contribution in [2.75, 3.05) is 12.8 Å². The van der Waals surface area contributed by atoms with E-state index in [1.54, 1.807) is 42.5 Å². The van der Waals surface area contributed by atoms with Crippen LogP contribution in [0.3, 0.4) is 0 Å². The molecule has 8 nitrogen and oxygen atoms in total. The van der Waals surface area contributed by atoms with Gasteiger partial charge in [-0.05, 0) is 35.7 Å². The van der Waals surface area contributed by atoms with Gasteiger partial charge in [0.2, 0.25) is 11.7 Å². The van der Waals surface area contributed by atoms with E-state index in [0.717, 1.165) is 11.1 Å². The summed E-state index contributed by atoms with van der Waals surface area (Å²) in [5.41, 5.74) is 14.2. The molecule has 6 rings (SSSR count). The lowest BCUT2D eigenvalue weighted by molar-refractivity contribution is -0.134. The highest BCUT2D eigenvalue weighted by atomic mass is 19.1. The van der Waals surface area contributed by atoms with Crippen LogP contribution in [0, 0.1) is 5.95 Å². The summed E-state index contributed by atoms with van der Waals surface area (Å²) in [4.78, 5) is 27.5. The molecule has 0 saturated carbocycles. The maximum Gasteiger partial charge on any atom is 0.257 e. The highest BCUT2D eigenvalue weighted by molar-refractivity contribution is 6.11. The number of hydrogen-bond acceptors (Lipinski definition) is 7. The van der Waals surface area contributed by atoms with E-state index in [0.29, 0.717) is 39.4 Å². The summed E-state index contributed by atoms with van der Waals surface area (Å²) in [6.45, 7) is 4.18. The fourth-order valence-corrected chi connectivity index (χ4v) is 5.07. The molecule has 4 aromatic rings. The van der Waals surface area contributed by atoms with Crippen LogP contribution in [-0.2, 0) is 5.79 Å². The monoisotopic (exact) mass is 515 g/mol. The second kappa shape index (κ2) is 9.11. The number of carbonyl (C=O) groups excluding carboxylic acids is 2. The molecule has 0 saturated heterocycles. The van der Waals surface area contributed by atoms with Crippen molar-refractivity contribution < 1.29 is 28.6 Å². The summed E-state index contributed by atoms with van der Waals surface area (Å²) in [6, 6.07) is 17.7. The number of Topliss-reactive ketones (excluding diaryl/α,β-unsaturated/α-hetero) is 1. The van der Waals surface area contributed by atoms with Gasteiger partial charge < -0.3 is 26.0 Å². The third-order valence-corrected chi connectivity index (χ3v) is 6.91. The molecule has 1 amide bonds. The number of halogens is 1. The minimum Gasteiger partial charge on any atom is -0.495 e. The molecule has 0 fully saturated rings. The minimum atomic E-state index is -1.64. The number of rotatable bonds is 3. The normalized spacial score (nSPS) is 18.8. The molecular formula is C29H26FN3O5. The number of benzene rings is 3. The number of nitrogen functional groups attached to an aromatic ring is 1. The van der Waals surface area contributed by atoms with E-state index in [1.165, 1.54) is 7.11 Å². The van der Waals surface area contributed by atoms with E-state index in [4.69, 9.17) is 20.9 Å². The first-order valence-electron chi connectivity index (χ1n) is 12.0. The van der Waals surface area contributed by atoms with Crippen molar-refractivity contribution in [3.63, 3.8) is 0 Å². The van der Waals surface area contributed by atoms with Crippen molar-refractivity contribution in [2.45, 2.75) is 31.5 Å². The highest BCUT2D eigenvalue weighted by Gasteiger charge is 2.59. The molecule has 0 bridgehead atoms. The van der Waals surface area contributed by atoms with Crippen LogP contribution < -0.4 is 20.9 Å². The maximum atomic E-state index is 13.5. The Morgan fingerprint density at radius 1 is 1.16 bits per heavy atom. The van der Waals surface area contributed by atoms with Crippen molar-refractivity contribution in [3.8, 4) is 11.5 Å². The standard InChI is InChI=1S/C18H17NO3.C11H9FN2O2/c1-9(2)10-6-7-11-14(8-10)22-18(21)12-4-3-5-13(19)15(12)17(20)16(11)18;1-16-9-6-4-2-3-5-7(6)14-10(12)8(9)11(13)15/h3-9,16,21H,19H2,1-2H3;2-5H,1H3,(H2,13,15). The lowest BCUT2D eigenvalue weighted by atomic mass is 9.91. The number of hydrogen-bond donors (Lipinski definition) is 3. The molecular weight excluding hydrogens is 489 g/mol. The van der Waals surface area contributed by atoms with Gasteiger partial charge in [-0.15, -0.1) is 0 Å². The zero-order valence-corrected chi connectivity index (χ0v) is 21.0. The van der Waals surface area contributed by atoms with E-state index in [9.17, 15) is 19.1 Å². The van der Waals surface area contributed by atoms with Gasteiger partial charge in [0.25, 0.3) is 5.91 Å². The Morgan fingerprint density at radius 3 is 2.58 bits per heavy atom. The van der Waals surface area contributed by atoms with Gasteiger partial charge >= 0.3 is 0 Å². The summed E-state index contributed by atoms with van der Waals surface area (Å²) < 4.78 is 24.4. The van der Waals surface area contributed by atoms with Crippen LogP contribution in [0.1, 0.15) is 63.1 Å². The van der Waals surface area contributed by atoms with Crippen LogP contribution in [0.4, 0.5) is 10.1 Å². The summed E-state index contributed by atoms with van der Waals surface area (Å²) in [5, 5.41) is 11.6. The van der Waals surface area contributed by atoms with Crippen LogP contribution in [0.2, 0.25) is 0 Å². The summed E-state index contributed by atoms with van der Waals surface area (Å²) in [7, 11) is 1.35. The number of pyridine rings is 1. The number of methoxy groups -OCH3 is 1. The molecule has 3 aromatic carbocycles. The van der Waals surface area contributed by atoms with Crippen LogP contribution >= 0.6 is 0 Å². The average Bonchev–Trinajstić information content (AvgIpc) is 3.30. The molecule has 2 unspecified atom stereocenters. The van der Waals surface area contributed by atoms with E-state index >= 15 is 0 Å². The predicted octanol–water partition coefficient (Wildman–Crippen LogP) is 4.39. The van der Waals surface area contributed by atoms with Gasteiger partial charge in [0.15, 0.2) is 5.78 Å². The van der Waals surface area contributed by atoms with Crippen molar-refractivity contribution >= 4 is 28.3 Å². The van der Waals surface area contributed by atoms with Gasteiger partial charge in [-0.1, -0.05) is 50.2 Å². The molecule has 0 spiro atoms. The second-order valence-electron chi connectivity index (χ2n) is 9.51. The zero-order chi connectivity index (χ0) is 27.4. The Labute approximate surface area is 218 Å². The number of amides is 1. The van der Waals surface area contributed by atoms with Crippen molar-refractivity contribution in [2.24, 2.45) is 5.73 Å². The van der Waals surface area contributed by atoms with E-state index in [2.05, 4.69) is 18.8 Å². The van der Waals surface area contributed by atoms with Gasteiger partial charge in [0, 0.05) is 22.2 Å². The number of para-hydroxylation sites is 1. The van der Waals surface area contributed by atoms with Crippen LogP contribution in [-0.4, -0.2) is 28.9 Å². The highest BCUT2D eigenvalue weighted by Crippen LogP contribution is 2.56. The fourth-order valence-electron chi connectivity index (χ4n) is 5.07. The number of aromatic nitrogens is 1. The minimum absolute atomic E-state index is 0.121. The molecule has 2 heterocycles. The first-order valence-corrected chi connectivity index (χ1v) is 12.0. The van der Waals surface area contributed by atoms with Gasteiger partial charge in [-0.2, -0.15) is 4.39 Å². The molecule has 5 N–H and O–H groups in total. The van der Waals surface area contributed by atoms with Gasteiger partial charge in [-0.3, -0.25) is 9.59 Å². The number of primary amides is 1. The summed E-state index contributed by atoms with van der Waals surface area (Å²) in [5.74, 6) is -3.30. The Hall–Kier alpha value is -4.50. The molecule has 1 aliphatic carbocycles. The molecule has 0 radical (unpaired) electrons. The van der Waals surface area contributed by atoms with Crippen LogP contribution in [0.15, 0.2) is 60.7 Å². The Kier molecular flexibility index (Phi) is 6.03. The van der Waals surface area contributed by atoms with Crippen LogP contribution in [0.25, 0.3) is 10.9 Å². The first kappa shape index (κ1) is 25.2. The fraction of sp³-hybridized carbons (Fsp3) is 0.207. The van der Waals surface area contributed by atoms with Crippen LogP contribution in [0.5, 0.6) is 11.5 Å². The van der Waals surface area contributed by atoms with Gasteiger partial charge in [-0.25, -0.2) is 4.98 Å². The Balaban J connectivity index is 0.000000163. The molecule has 38 heavy (non-hydrogen) atoms. The quantitative estimate of drug-likeness (QED) is 0.272. The number of ketones is 1. The maximum absolute atomic E-state index is 13.5. The lowest BCUT2D eigenvalue weighted by Crippen LogP contribution is -2.32. The first-order chi connectivity index (χ1) is 18.1. The van der Waals surface area contributed by atoms with Crippen molar-refractivity contribution in [3.05, 3.63) is 94.4 Å². The summed E-state index contributed by atoms with van der Waals surface area (Å²) >= 11 is 0. The van der Waals surface area contributed by atoms with E-state index < -0.39 is 23.6 Å². The largest absolute Gasteiger partial charge is 0.495 e. The number of anilines is 1. The summed E-state index contributed by atoms with van der Waals surface area (Å²) in [6.07, 6.45) is 0. The Bertz CT molecular complexity index is 1620. The number of aliphatic hydroxyl groups is 1. The molecule has 194 valence electrons. The predicted molar refractivity (Wildman–Crippen MR) is 140 cm³/mol. The topological polar surface area (TPSA) is 138 Å². The Morgan fingerprint density at radius 2 is 1.89 bits per heavy atom. The number of carbonyl (C=O) groups is 2.